The number of nitrogens with zero attached hydrogens (tertiary/aromatic N) is 1. The number of carbonyl (C=O) groups excluding carboxylic acids is 1. The minimum Gasteiger partial charge on any atom is -0.351 e. The predicted octanol–water partition coefficient (Wildman–Crippen LogP) is 1.47. The van der Waals surface area contributed by atoms with E-state index in [4.69, 9.17) is 5.73 Å². The van der Waals surface area contributed by atoms with Crippen molar-refractivity contribution in [2.45, 2.75) is 57.2 Å². The molecular formula is C18H27N3O. The van der Waals surface area contributed by atoms with Gasteiger partial charge < -0.3 is 11.1 Å². The summed E-state index contributed by atoms with van der Waals surface area (Å²) in [6.07, 6.45) is 4.47. The van der Waals surface area contributed by atoms with Crippen molar-refractivity contribution in [2.24, 2.45) is 5.73 Å². The fourth-order valence-electron chi connectivity index (χ4n) is 3.62. The van der Waals surface area contributed by atoms with Crippen molar-refractivity contribution in [2.75, 3.05) is 13.1 Å². The van der Waals surface area contributed by atoms with E-state index < -0.39 is 5.54 Å². The summed E-state index contributed by atoms with van der Waals surface area (Å²) < 4.78 is 0. The summed E-state index contributed by atoms with van der Waals surface area (Å²) in [6, 6.07) is 9.56. The van der Waals surface area contributed by atoms with Gasteiger partial charge in [0.1, 0.15) is 0 Å². The maximum Gasteiger partial charge on any atom is 0.239 e. The summed E-state index contributed by atoms with van der Waals surface area (Å²) in [4.78, 5) is 14.6. The van der Waals surface area contributed by atoms with E-state index in [1.807, 2.05) is 0 Å². The quantitative estimate of drug-likeness (QED) is 0.889. The van der Waals surface area contributed by atoms with E-state index in [-0.39, 0.29) is 11.9 Å². The van der Waals surface area contributed by atoms with Gasteiger partial charge in [-0.15, -0.1) is 0 Å². The van der Waals surface area contributed by atoms with Crippen LogP contribution in [0, 0.1) is 0 Å². The molecule has 1 aromatic carbocycles. The van der Waals surface area contributed by atoms with Crippen LogP contribution in [0.15, 0.2) is 24.3 Å². The van der Waals surface area contributed by atoms with Crippen molar-refractivity contribution >= 4 is 5.91 Å². The molecule has 0 bridgehead atoms. The Balaban J connectivity index is 1.59. The molecule has 4 nitrogen and oxygen atoms in total. The molecule has 1 aliphatic carbocycles. The van der Waals surface area contributed by atoms with Crippen LogP contribution < -0.4 is 11.1 Å². The number of rotatable bonds is 3. The average Bonchev–Trinajstić information content (AvgIpc) is 2.90. The Morgan fingerprint density at radius 2 is 1.91 bits per heavy atom. The lowest BCUT2D eigenvalue weighted by molar-refractivity contribution is -0.126. The molecule has 0 spiro atoms. The molecule has 1 aliphatic heterocycles. The Morgan fingerprint density at radius 1 is 1.27 bits per heavy atom. The molecule has 0 radical (unpaired) electrons. The molecule has 0 saturated carbocycles. The van der Waals surface area contributed by atoms with Crippen molar-refractivity contribution in [3.8, 4) is 0 Å². The number of piperidine rings is 1. The van der Waals surface area contributed by atoms with Crippen LogP contribution in [-0.2, 0) is 17.6 Å². The number of fused-ring (bicyclic) bond motifs is 1. The molecule has 3 N–H and O–H groups in total. The van der Waals surface area contributed by atoms with E-state index in [0.717, 1.165) is 38.8 Å². The molecule has 4 heteroatoms. The number of hydrogen-bond acceptors (Lipinski definition) is 3. The molecule has 1 aromatic rings. The Bertz CT molecular complexity index is 525. The molecule has 3 rings (SSSR count). The molecule has 1 amide bonds. The van der Waals surface area contributed by atoms with Crippen LogP contribution in [-0.4, -0.2) is 41.5 Å². The molecule has 1 heterocycles. The standard InChI is InChI=1S/C18H27N3O/c1-18(2,19)17(22)20-15-8-5-9-21(12-15)16-10-13-6-3-4-7-14(13)11-16/h3-4,6-7,15-16H,5,8-12,19H2,1-2H3,(H,20,22)/t15-/m1/s1. The van der Waals surface area contributed by atoms with E-state index in [0.29, 0.717) is 6.04 Å². The van der Waals surface area contributed by atoms with Crippen LogP contribution in [0.2, 0.25) is 0 Å². The zero-order valence-electron chi connectivity index (χ0n) is 13.6. The third-order valence-corrected chi connectivity index (χ3v) is 4.92. The second-order valence-electron chi connectivity index (χ2n) is 7.36. The molecule has 120 valence electrons. The third kappa shape index (κ3) is 3.33. The zero-order valence-corrected chi connectivity index (χ0v) is 13.6. The van der Waals surface area contributed by atoms with Crippen LogP contribution in [0.4, 0.5) is 0 Å². The summed E-state index contributed by atoms with van der Waals surface area (Å²) in [5, 5.41) is 3.13. The predicted molar refractivity (Wildman–Crippen MR) is 88.6 cm³/mol. The number of nitrogens with two attached hydrogens (primary N) is 1. The lowest BCUT2D eigenvalue weighted by Gasteiger charge is -2.37. The third-order valence-electron chi connectivity index (χ3n) is 4.92. The molecule has 2 aliphatic rings. The van der Waals surface area contributed by atoms with Gasteiger partial charge in [-0.3, -0.25) is 9.69 Å². The summed E-state index contributed by atoms with van der Waals surface area (Å²) >= 11 is 0. The van der Waals surface area contributed by atoms with Gasteiger partial charge in [0, 0.05) is 18.6 Å². The van der Waals surface area contributed by atoms with Crippen molar-refractivity contribution in [3.63, 3.8) is 0 Å². The largest absolute Gasteiger partial charge is 0.351 e. The molecule has 0 unspecified atom stereocenters. The fourth-order valence-corrected chi connectivity index (χ4v) is 3.62. The highest BCUT2D eigenvalue weighted by Crippen LogP contribution is 2.27. The van der Waals surface area contributed by atoms with Crippen LogP contribution in [0.3, 0.4) is 0 Å². The first-order chi connectivity index (χ1) is 10.4. The van der Waals surface area contributed by atoms with Crippen molar-refractivity contribution in [3.05, 3.63) is 35.4 Å². The number of carbonyl (C=O) groups is 1. The fraction of sp³-hybridized carbons (Fsp3) is 0.611. The normalized spacial score (nSPS) is 23.3. The summed E-state index contributed by atoms with van der Waals surface area (Å²) in [5.41, 5.74) is 8.06. The second kappa shape index (κ2) is 6.01. The van der Waals surface area contributed by atoms with Gasteiger partial charge in [-0.1, -0.05) is 24.3 Å². The first kappa shape index (κ1) is 15.5. The van der Waals surface area contributed by atoms with E-state index in [1.54, 1.807) is 13.8 Å². The SMILES string of the molecule is CC(C)(N)C(=O)N[C@@H]1CCCN(C2Cc3ccccc3C2)C1. The number of hydrogen-bond donors (Lipinski definition) is 2. The number of nitrogens with one attached hydrogen (secondary N) is 1. The monoisotopic (exact) mass is 301 g/mol. The molecular weight excluding hydrogens is 274 g/mol. The van der Waals surface area contributed by atoms with Gasteiger partial charge >= 0.3 is 0 Å². The highest BCUT2D eigenvalue weighted by atomic mass is 16.2. The smallest absolute Gasteiger partial charge is 0.239 e. The summed E-state index contributed by atoms with van der Waals surface area (Å²) in [6.45, 7) is 5.60. The Kier molecular flexibility index (Phi) is 4.24. The van der Waals surface area contributed by atoms with Crippen LogP contribution in [0.5, 0.6) is 0 Å². The molecule has 1 atom stereocenters. The van der Waals surface area contributed by atoms with Crippen molar-refractivity contribution in [1.29, 1.82) is 0 Å². The maximum absolute atomic E-state index is 12.1. The maximum atomic E-state index is 12.1. The summed E-state index contributed by atoms with van der Waals surface area (Å²) in [7, 11) is 0. The van der Waals surface area contributed by atoms with Gasteiger partial charge in [-0.05, 0) is 57.2 Å². The Morgan fingerprint density at radius 3 is 2.50 bits per heavy atom. The minimum absolute atomic E-state index is 0.0472. The number of benzene rings is 1. The van der Waals surface area contributed by atoms with E-state index in [2.05, 4.69) is 34.5 Å². The van der Waals surface area contributed by atoms with Gasteiger partial charge in [0.2, 0.25) is 5.91 Å². The second-order valence-corrected chi connectivity index (χ2v) is 7.36. The zero-order chi connectivity index (χ0) is 15.7. The van der Waals surface area contributed by atoms with Gasteiger partial charge in [-0.25, -0.2) is 0 Å². The lowest BCUT2D eigenvalue weighted by atomic mass is 10.00. The minimum atomic E-state index is -0.800. The molecule has 22 heavy (non-hydrogen) atoms. The average molecular weight is 301 g/mol. The van der Waals surface area contributed by atoms with Crippen molar-refractivity contribution in [1.82, 2.24) is 10.2 Å². The van der Waals surface area contributed by atoms with Crippen LogP contribution >= 0.6 is 0 Å². The van der Waals surface area contributed by atoms with Gasteiger partial charge in [-0.2, -0.15) is 0 Å². The first-order valence-corrected chi connectivity index (χ1v) is 8.34. The highest BCUT2D eigenvalue weighted by molar-refractivity contribution is 5.85. The van der Waals surface area contributed by atoms with Crippen molar-refractivity contribution < 1.29 is 4.79 Å². The molecule has 0 aromatic heterocycles. The van der Waals surface area contributed by atoms with Gasteiger partial charge in [0.15, 0.2) is 0 Å². The lowest BCUT2D eigenvalue weighted by Crippen LogP contribution is -2.57. The van der Waals surface area contributed by atoms with Crippen LogP contribution in [0.25, 0.3) is 0 Å². The topological polar surface area (TPSA) is 58.4 Å². The highest BCUT2D eigenvalue weighted by Gasteiger charge is 2.32. The molecule has 1 fully saturated rings. The van der Waals surface area contributed by atoms with E-state index in [9.17, 15) is 4.79 Å². The van der Waals surface area contributed by atoms with Gasteiger partial charge in [0.25, 0.3) is 0 Å². The first-order valence-electron chi connectivity index (χ1n) is 8.34. The van der Waals surface area contributed by atoms with E-state index in [1.165, 1.54) is 11.1 Å². The Labute approximate surface area is 133 Å². The summed E-state index contributed by atoms with van der Waals surface area (Å²) in [5.74, 6) is -0.0472. The van der Waals surface area contributed by atoms with Gasteiger partial charge in [0.05, 0.1) is 5.54 Å². The number of amides is 1. The Hall–Kier alpha value is -1.39. The van der Waals surface area contributed by atoms with Crippen LogP contribution in [0.1, 0.15) is 37.8 Å². The molecule has 1 saturated heterocycles. The number of likely N-dealkylation sites (tertiary alicyclic amines) is 1. The van der Waals surface area contributed by atoms with E-state index >= 15 is 0 Å².